The number of Topliss-reactive ketones (excluding diaryl/α,β-unsaturated/α-hetero) is 1. The van der Waals surface area contributed by atoms with E-state index in [9.17, 15) is 9.59 Å². The van der Waals surface area contributed by atoms with Crippen molar-refractivity contribution in [3.63, 3.8) is 0 Å². The normalized spacial score (nSPS) is 14.4. The Bertz CT molecular complexity index is 476. The van der Waals surface area contributed by atoms with Crippen LogP contribution < -0.4 is 4.90 Å². The van der Waals surface area contributed by atoms with Crippen molar-refractivity contribution in [2.24, 2.45) is 0 Å². The maximum atomic E-state index is 11.8. The molecule has 0 radical (unpaired) electrons. The number of anilines is 1. The fourth-order valence-corrected chi connectivity index (χ4v) is 2.70. The first-order valence-electron chi connectivity index (χ1n) is 5.39. The number of hydrogen-bond acceptors (Lipinski definition) is 3. The van der Waals surface area contributed by atoms with E-state index in [2.05, 4.69) is 6.92 Å². The minimum absolute atomic E-state index is 0.420. The Hall–Kier alpha value is -1.00. The predicted octanol–water partition coefficient (Wildman–Crippen LogP) is 2.62. The monoisotopic (exact) mass is 269 g/mol. The Morgan fingerprint density at radius 2 is 2.12 bits per heavy atom. The van der Waals surface area contributed by atoms with Gasteiger partial charge in [0.05, 0.1) is 16.3 Å². The molecular formula is C12H12ClNO2S. The summed E-state index contributed by atoms with van der Waals surface area (Å²) in [6, 6.07) is 5.04. The predicted molar refractivity (Wildman–Crippen MR) is 71.1 cm³/mol. The van der Waals surface area contributed by atoms with Crippen molar-refractivity contribution in [2.45, 2.75) is 6.92 Å². The molecule has 0 aromatic heterocycles. The second-order valence-corrected chi connectivity index (χ2v) is 5.42. The number of fused-ring (bicyclic) bond motifs is 1. The van der Waals surface area contributed by atoms with Crippen molar-refractivity contribution >= 4 is 40.7 Å². The van der Waals surface area contributed by atoms with Gasteiger partial charge in [0.15, 0.2) is 0 Å². The van der Waals surface area contributed by atoms with Gasteiger partial charge in [0.1, 0.15) is 0 Å². The van der Waals surface area contributed by atoms with Crippen molar-refractivity contribution in [3.05, 3.63) is 28.8 Å². The number of para-hydroxylation sites is 1. The molecule has 5 heteroatoms. The van der Waals surface area contributed by atoms with Crippen LogP contribution in [0.2, 0.25) is 5.02 Å². The van der Waals surface area contributed by atoms with Gasteiger partial charge in [-0.05, 0) is 17.9 Å². The second-order valence-electron chi connectivity index (χ2n) is 3.62. The third-order valence-electron chi connectivity index (χ3n) is 2.60. The number of carbonyl (C=O) groups is 2. The number of rotatable bonds is 4. The topological polar surface area (TPSA) is 37.4 Å². The minimum atomic E-state index is -0.468. The fraction of sp³-hybridized carbons (Fsp3) is 0.333. The van der Waals surface area contributed by atoms with E-state index in [0.29, 0.717) is 22.8 Å². The highest BCUT2D eigenvalue weighted by atomic mass is 35.5. The second kappa shape index (κ2) is 5.10. The summed E-state index contributed by atoms with van der Waals surface area (Å²) < 4.78 is 0. The lowest BCUT2D eigenvalue weighted by atomic mass is 10.1. The molecule has 90 valence electrons. The summed E-state index contributed by atoms with van der Waals surface area (Å²) >= 11 is 7.79. The number of nitrogens with zero attached hydrogens (tertiary/aromatic N) is 1. The quantitative estimate of drug-likeness (QED) is 0.623. The maximum Gasteiger partial charge on any atom is 0.299 e. The molecular weight excluding hydrogens is 258 g/mol. The average Bonchev–Trinajstić information content (AvgIpc) is 2.56. The van der Waals surface area contributed by atoms with Gasteiger partial charge in [0.25, 0.3) is 11.7 Å². The number of carbonyl (C=O) groups excluding carboxylic acids is 2. The van der Waals surface area contributed by atoms with Crippen LogP contribution in [0.15, 0.2) is 18.2 Å². The summed E-state index contributed by atoms with van der Waals surface area (Å²) in [7, 11) is 0. The van der Waals surface area contributed by atoms with E-state index in [1.165, 1.54) is 4.90 Å². The molecule has 17 heavy (non-hydrogen) atoms. The van der Waals surface area contributed by atoms with Crippen molar-refractivity contribution in [2.75, 3.05) is 23.0 Å². The zero-order valence-electron chi connectivity index (χ0n) is 9.40. The van der Waals surface area contributed by atoms with Crippen LogP contribution in [0.3, 0.4) is 0 Å². The molecule has 1 amide bonds. The Balaban J connectivity index is 2.30. The molecule has 0 atom stereocenters. The Morgan fingerprint density at radius 1 is 1.35 bits per heavy atom. The van der Waals surface area contributed by atoms with Gasteiger partial charge in [-0.3, -0.25) is 9.59 Å². The maximum absolute atomic E-state index is 11.8. The Labute approximate surface area is 109 Å². The van der Waals surface area contributed by atoms with Crippen molar-refractivity contribution in [1.82, 2.24) is 0 Å². The van der Waals surface area contributed by atoms with E-state index >= 15 is 0 Å². The lowest BCUT2D eigenvalue weighted by molar-refractivity contribution is -0.114. The van der Waals surface area contributed by atoms with Crippen LogP contribution in [0.1, 0.15) is 17.3 Å². The van der Waals surface area contributed by atoms with Gasteiger partial charge in [-0.1, -0.05) is 24.6 Å². The molecule has 0 bridgehead atoms. The van der Waals surface area contributed by atoms with E-state index < -0.39 is 11.7 Å². The third-order valence-corrected chi connectivity index (χ3v) is 3.79. The minimum Gasteiger partial charge on any atom is -0.302 e. The van der Waals surface area contributed by atoms with Crippen molar-refractivity contribution < 1.29 is 9.59 Å². The molecule has 0 fully saturated rings. The molecule has 0 N–H and O–H groups in total. The number of hydrogen-bond donors (Lipinski definition) is 0. The summed E-state index contributed by atoms with van der Waals surface area (Å²) in [5.74, 6) is 0.875. The Morgan fingerprint density at radius 3 is 2.82 bits per heavy atom. The summed E-state index contributed by atoms with van der Waals surface area (Å²) in [5.41, 5.74) is 0.991. The molecule has 1 aromatic carbocycles. The van der Waals surface area contributed by atoms with Crippen LogP contribution in [0.25, 0.3) is 0 Å². The summed E-state index contributed by atoms with van der Waals surface area (Å²) in [4.78, 5) is 25.0. The van der Waals surface area contributed by atoms with Gasteiger partial charge in [-0.25, -0.2) is 0 Å². The average molecular weight is 270 g/mol. The van der Waals surface area contributed by atoms with Gasteiger partial charge >= 0.3 is 0 Å². The zero-order valence-corrected chi connectivity index (χ0v) is 11.0. The SMILES string of the molecule is CCSCCN1C(=O)C(=O)c2cccc(Cl)c21. The van der Waals surface area contributed by atoms with E-state index in [1.54, 1.807) is 30.0 Å². The highest BCUT2D eigenvalue weighted by Crippen LogP contribution is 2.35. The summed E-state index contributed by atoms with van der Waals surface area (Å²) in [6.07, 6.45) is 0. The largest absolute Gasteiger partial charge is 0.302 e. The van der Waals surface area contributed by atoms with Gasteiger partial charge in [-0.15, -0.1) is 0 Å². The molecule has 3 nitrogen and oxygen atoms in total. The number of thioether (sulfide) groups is 1. The molecule has 1 aliphatic rings. The Kier molecular flexibility index (Phi) is 3.74. The molecule has 0 saturated heterocycles. The molecule has 1 aromatic rings. The van der Waals surface area contributed by atoms with E-state index in [0.717, 1.165) is 11.5 Å². The highest BCUT2D eigenvalue weighted by Gasteiger charge is 2.36. The van der Waals surface area contributed by atoms with E-state index in [1.807, 2.05) is 0 Å². The molecule has 1 aliphatic heterocycles. The molecule has 0 aliphatic carbocycles. The van der Waals surface area contributed by atoms with Crippen LogP contribution in [0, 0.1) is 0 Å². The van der Waals surface area contributed by atoms with Crippen molar-refractivity contribution in [3.8, 4) is 0 Å². The van der Waals surface area contributed by atoms with Gasteiger partial charge < -0.3 is 4.90 Å². The van der Waals surface area contributed by atoms with Gasteiger partial charge in [0, 0.05) is 12.3 Å². The lowest BCUT2D eigenvalue weighted by Gasteiger charge is -2.16. The smallest absolute Gasteiger partial charge is 0.299 e. The number of ketones is 1. The first-order valence-corrected chi connectivity index (χ1v) is 6.92. The molecule has 0 spiro atoms. The number of amides is 1. The summed E-state index contributed by atoms with van der Waals surface area (Å²) in [6.45, 7) is 2.59. The van der Waals surface area contributed by atoms with Gasteiger partial charge in [-0.2, -0.15) is 11.8 Å². The van der Waals surface area contributed by atoms with Gasteiger partial charge in [0.2, 0.25) is 0 Å². The third kappa shape index (κ3) is 2.19. The molecule has 0 unspecified atom stereocenters. The standard InChI is InChI=1S/C12H12ClNO2S/c1-2-17-7-6-14-10-8(11(15)12(14)16)4-3-5-9(10)13/h3-5H,2,6-7H2,1H3. The zero-order chi connectivity index (χ0) is 12.4. The molecule has 0 saturated carbocycles. The fourth-order valence-electron chi connectivity index (χ4n) is 1.83. The van der Waals surface area contributed by atoms with Crippen LogP contribution >= 0.6 is 23.4 Å². The van der Waals surface area contributed by atoms with Crippen molar-refractivity contribution in [1.29, 1.82) is 0 Å². The van der Waals surface area contributed by atoms with Crippen LogP contribution in [0.4, 0.5) is 5.69 Å². The van der Waals surface area contributed by atoms with Crippen LogP contribution in [-0.4, -0.2) is 29.7 Å². The molecule has 1 heterocycles. The first kappa shape index (κ1) is 12.5. The summed E-state index contributed by atoms with van der Waals surface area (Å²) in [5, 5.41) is 0.461. The van der Waals surface area contributed by atoms with Crippen LogP contribution in [0.5, 0.6) is 0 Å². The van der Waals surface area contributed by atoms with Crippen LogP contribution in [-0.2, 0) is 4.79 Å². The highest BCUT2D eigenvalue weighted by molar-refractivity contribution is 7.99. The lowest BCUT2D eigenvalue weighted by Crippen LogP contribution is -2.31. The molecule has 2 rings (SSSR count). The number of halogens is 1. The number of benzene rings is 1. The van der Waals surface area contributed by atoms with E-state index in [4.69, 9.17) is 11.6 Å². The first-order chi connectivity index (χ1) is 8.16. The van der Waals surface area contributed by atoms with E-state index in [-0.39, 0.29) is 0 Å².